The number of carbonyl (C=O) groups is 1. The van der Waals surface area contributed by atoms with E-state index in [1.165, 1.54) is 12.1 Å². The fourth-order valence-electron chi connectivity index (χ4n) is 1.95. The molecule has 1 amide bonds. The summed E-state index contributed by atoms with van der Waals surface area (Å²) in [6.45, 7) is 1.89. The summed E-state index contributed by atoms with van der Waals surface area (Å²) in [6, 6.07) is 9.56. The third-order valence-electron chi connectivity index (χ3n) is 3.10. The number of nitrogens with one attached hydrogen (secondary N) is 1. The normalized spacial score (nSPS) is 11.7. The molecule has 1 unspecified atom stereocenters. The number of hydrogen-bond donors (Lipinski definition) is 1. The standard InChI is InChI=1S/C15H15N3O3/c1-11(13-6-8-16-9-7-13)17-15(19)10-12-2-4-14(5-3-12)18(20)21/h2-9,11H,10H2,1H3,(H,17,19). The first-order valence-electron chi connectivity index (χ1n) is 6.49. The monoisotopic (exact) mass is 285 g/mol. The molecule has 1 aromatic carbocycles. The van der Waals surface area contributed by atoms with Gasteiger partial charge in [-0.2, -0.15) is 0 Å². The van der Waals surface area contributed by atoms with Crippen molar-refractivity contribution in [2.45, 2.75) is 19.4 Å². The van der Waals surface area contributed by atoms with Crippen LogP contribution in [-0.2, 0) is 11.2 Å². The Labute approximate surface area is 122 Å². The second-order valence-electron chi connectivity index (χ2n) is 4.67. The Morgan fingerprint density at radius 1 is 1.24 bits per heavy atom. The van der Waals surface area contributed by atoms with Gasteiger partial charge in [-0.05, 0) is 30.2 Å². The molecule has 6 nitrogen and oxygen atoms in total. The van der Waals surface area contributed by atoms with Crippen molar-refractivity contribution in [2.75, 3.05) is 0 Å². The lowest BCUT2D eigenvalue weighted by molar-refractivity contribution is -0.384. The first kappa shape index (κ1) is 14.6. The Kier molecular flexibility index (Phi) is 4.61. The second kappa shape index (κ2) is 6.60. The smallest absolute Gasteiger partial charge is 0.269 e. The molecule has 0 fully saturated rings. The minimum Gasteiger partial charge on any atom is -0.349 e. The van der Waals surface area contributed by atoms with Gasteiger partial charge in [-0.3, -0.25) is 19.9 Å². The highest BCUT2D eigenvalue weighted by atomic mass is 16.6. The number of aromatic nitrogens is 1. The van der Waals surface area contributed by atoms with Gasteiger partial charge in [-0.1, -0.05) is 12.1 Å². The summed E-state index contributed by atoms with van der Waals surface area (Å²) in [5.74, 6) is -0.131. The topological polar surface area (TPSA) is 85.1 Å². The van der Waals surface area contributed by atoms with Gasteiger partial charge < -0.3 is 5.32 Å². The number of nitro groups is 1. The van der Waals surface area contributed by atoms with Crippen LogP contribution in [0.1, 0.15) is 24.1 Å². The molecule has 1 heterocycles. The maximum Gasteiger partial charge on any atom is 0.269 e. The molecule has 0 aliphatic heterocycles. The fourth-order valence-corrected chi connectivity index (χ4v) is 1.95. The van der Waals surface area contributed by atoms with Crippen LogP contribution in [0.2, 0.25) is 0 Å². The molecule has 108 valence electrons. The molecule has 6 heteroatoms. The number of pyridine rings is 1. The van der Waals surface area contributed by atoms with Gasteiger partial charge in [0, 0.05) is 24.5 Å². The number of rotatable bonds is 5. The zero-order valence-electron chi connectivity index (χ0n) is 11.5. The maximum atomic E-state index is 12.0. The van der Waals surface area contributed by atoms with Crippen LogP contribution in [0.4, 0.5) is 5.69 Å². The molecule has 0 saturated carbocycles. The molecule has 2 rings (SSSR count). The van der Waals surface area contributed by atoms with Crippen molar-refractivity contribution in [3.05, 3.63) is 70.0 Å². The van der Waals surface area contributed by atoms with E-state index in [4.69, 9.17) is 0 Å². The van der Waals surface area contributed by atoms with Crippen molar-refractivity contribution in [1.29, 1.82) is 0 Å². The van der Waals surface area contributed by atoms with Gasteiger partial charge in [0.05, 0.1) is 17.4 Å². The van der Waals surface area contributed by atoms with Crippen LogP contribution < -0.4 is 5.32 Å². The molecule has 1 atom stereocenters. The van der Waals surface area contributed by atoms with Gasteiger partial charge in [-0.25, -0.2) is 0 Å². The van der Waals surface area contributed by atoms with Crippen LogP contribution in [0.3, 0.4) is 0 Å². The van der Waals surface area contributed by atoms with E-state index < -0.39 is 4.92 Å². The van der Waals surface area contributed by atoms with E-state index in [1.807, 2.05) is 19.1 Å². The molecule has 21 heavy (non-hydrogen) atoms. The van der Waals surface area contributed by atoms with Crippen molar-refractivity contribution < 1.29 is 9.72 Å². The molecule has 0 spiro atoms. The average molecular weight is 285 g/mol. The molecule has 0 radical (unpaired) electrons. The van der Waals surface area contributed by atoms with E-state index >= 15 is 0 Å². The van der Waals surface area contributed by atoms with Crippen LogP contribution in [0.5, 0.6) is 0 Å². The first-order valence-corrected chi connectivity index (χ1v) is 6.49. The Bertz CT molecular complexity index is 626. The Balaban J connectivity index is 1.94. The van der Waals surface area contributed by atoms with Gasteiger partial charge in [0.15, 0.2) is 0 Å². The summed E-state index contributed by atoms with van der Waals surface area (Å²) in [5, 5.41) is 13.4. The molecule has 0 saturated heterocycles. The number of benzene rings is 1. The second-order valence-corrected chi connectivity index (χ2v) is 4.67. The lowest BCUT2D eigenvalue weighted by atomic mass is 10.1. The molecule has 2 aromatic rings. The zero-order valence-corrected chi connectivity index (χ0v) is 11.5. The molecule has 1 aromatic heterocycles. The molecule has 0 aliphatic rings. The first-order chi connectivity index (χ1) is 10.1. The lowest BCUT2D eigenvalue weighted by Gasteiger charge is -2.14. The van der Waals surface area contributed by atoms with E-state index in [0.717, 1.165) is 11.1 Å². The number of hydrogen-bond acceptors (Lipinski definition) is 4. The minimum absolute atomic E-state index is 0.0179. The highest BCUT2D eigenvalue weighted by Crippen LogP contribution is 2.13. The van der Waals surface area contributed by atoms with E-state index in [-0.39, 0.29) is 24.1 Å². The highest BCUT2D eigenvalue weighted by Gasteiger charge is 2.11. The van der Waals surface area contributed by atoms with Crippen molar-refractivity contribution >= 4 is 11.6 Å². The number of amides is 1. The molecule has 0 bridgehead atoms. The molecular weight excluding hydrogens is 270 g/mol. The van der Waals surface area contributed by atoms with Gasteiger partial charge in [0.25, 0.3) is 5.69 Å². The number of nitro benzene ring substituents is 1. The van der Waals surface area contributed by atoms with Gasteiger partial charge >= 0.3 is 0 Å². The van der Waals surface area contributed by atoms with E-state index in [1.54, 1.807) is 24.5 Å². The fraction of sp³-hybridized carbons (Fsp3) is 0.200. The van der Waals surface area contributed by atoms with Crippen LogP contribution >= 0.6 is 0 Å². The van der Waals surface area contributed by atoms with E-state index in [2.05, 4.69) is 10.3 Å². The third kappa shape index (κ3) is 4.10. The Hall–Kier alpha value is -2.76. The van der Waals surface area contributed by atoms with Crippen LogP contribution in [-0.4, -0.2) is 15.8 Å². The quantitative estimate of drug-likeness (QED) is 0.675. The number of carbonyl (C=O) groups excluding carboxylic acids is 1. The predicted octanol–water partition coefficient (Wildman–Crippen LogP) is 2.41. The van der Waals surface area contributed by atoms with Crippen molar-refractivity contribution in [2.24, 2.45) is 0 Å². The highest BCUT2D eigenvalue weighted by molar-refractivity contribution is 5.79. The SMILES string of the molecule is CC(NC(=O)Cc1ccc([N+](=O)[O-])cc1)c1ccncc1. The minimum atomic E-state index is -0.463. The molecule has 1 N–H and O–H groups in total. The number of non-ortho nitro benzene ring substituents is 1. The third-order valence-corrected chi connectivity index (χ3v) is 3.10. The van der Waals surface area contributed by atoms with Gasteiger partial charge in [0.1, 0.15) is 0 Å². The lowest BCUT2D eigenvalue weighted by Crippen LogP contribution is -2.28. The van der Waals surface area contributed by atoms with Gasteiger partial charge in [0.2, 0.25) is 5.91 Å². The summed E-state index contributed by atoms with van der Waals surface area (Å²) in [4.78, 5) is 26.0. The van der Waals surface area contributed by atoms with Crippen molar-refractivity contribution in [1.82, 2.24) is 10.3 Å². The summed E-state index contributed by atoms with van der Waals surface area (Å²) in [5.41, 5.74) is 1.73. The van der Waals surface area contributed by atoms with Crippen molar-refractivity contribution in [3.63, 3.8) is 0 Å². The van der Waals surface area contributed by atoms with E-state index in [0.29, 0.717) is 0 Å². The molecular formula is C15H15N3O3. The predicted molar refractivity (Wildman–Crippen MR) is 77.6 cm³/mol. The van der Waals surface area contributed by atoms with Crippen LogP contribution in [0, 0.1) is 10.1 Å². The Morgan fingerprint density at radius 3 is 2.43 bits per heavy atom. The Morgan fingerprint density at radius 2 is 1.86 bits per heavy atom. The summed E-state index contributed by atoms with van der Waals surface area (Å²) < 4.78 is 0. The average Bonchev–Trinajstić information content (AvgIpc) is 2.48. The van der Waals surface area contributed by atoms with Crippen LogP contribution in [0.15, 0.2) is 48.8 Å². The maximum absolute atomic E-state index is 12.0. The number of nitrogens with zero attached hydrogens (tertiary/aromatic N) is 2. The van der Waals surface area contributed by atoms with Gasteiger partial charge in [-0.15, -0.1) is 0 Å². The summed E-state index contributed by atoms with van der Waals surface area (Å²) in [7, 11) is 0. The summed E-state index contributed by atoms with van der Waals surface area (Å²) >= 11 is 0. The largest absolute Gasteiger partial charge is 0.349 e. The van der Waals surface area contributed by atoms with Crippen LogP contribution in [0.25, 0.3) is 0 Å². The zero-order chi connectivity index (χ0) is 15.2. The van der Waals surface area contributed by atoms with Crippen molar-refractivity contribution in [3.8, 4) is 0 Å². The van der Waals surface area contributed by atoms with E-state index in [9.17, 15) is 14.9 Å². The molecule has 0 aliphatic carbocycles. The summed E-state index contributed by atoms with van der Waals surface area (Å²) in [6.07, 6.45) is 3.54.